The van der Waals surface area contributed by atoms with Crippen molar-refractivity contribution >= 4 is 13.5 Å². The van der Waals surface area contributed by atoms with Crippen LogP contribution in [-0.2, 0) is 14.1 Å². The minimum Gasteiger partial charge on any atom is -0.462 e. The first-order valence-corrected chi connectivity index (χ1v) is 11.7. The van der Waals surface area contributed by atoms with Crippen molar-refractivity contribution in [1.29, 1.82) is 0 Å². The molecule has 1 aromatic carbocycles. The summed E-state index contributed by atoms with van der Waals surface area (Å²) in [6.07, 6.45) is 0.801. The van der Waals surface area contributed by atoms with Gasteiger partial charge in [0.25, 0.3) is 0 Å². The molecule has 6 heteroatoms. The standard InChI is InChI=1S/C21H36NO4P/c1-9-13-27(24,22-17(8)21(23)25-16(6)7)26-20-18(14(2)3)11-10-12-19(20)15(4)5/h10-12,14-17H,9,13H2,1-8H3,(H,22,24)/t17-,27?/m0/s1. The minimum absolute atomic E-state index is 0.220. The highest BCUT2D eigenvalue weighted by molar-refractivity contribution is 7.57. The summed E-state index contributed by atoms with van der Waals surface area (Å²) in [7, 11) is -3.28. The van der Waals surface area contributed by atoms with E-state index in [1.807, 2.05) is 25.1 Å². The van der Waals surface area contributed by atoms with E-state index in [4.69, 9.17) is 9.26 Å². The maximum Gasteiger partial charge on any atom is 0.323 e. The predicted octanol–water partition coefficient (Wildman–Crippen LogP) is 5.85. The third kappa shape index (κ3) is 6.97. The molecule has 0 aliphatic rings. The van der Waals surface area contributed by atoms with Crippen molar-refractivity contribution in [1.82, 2.24) is 5.09 Å². The van der Waals surface area contributed by atoms with Gasteiger partial charge in [0.2, 0.25) is 0 Å². The van der Waals surface area contributed by atoms with E-state index in [0.29, 0.717) is 18.3 Å². The number of carbonyl (C=O) groups excluding carboxylic acids is 1. The molecule has 0 saturated carbocycles. The molecule has 1 unspecified atom stereocenters. The molecule has 0 bridgehead atoms. The highest BCUT2D eigenvalue weighted by atomic mass is 31.2. The summed E-state index contributed by atoms with van der Waals surface area (Å²) < 4.78 is 25.0. The summed E-state index contributed by atoms with van der Waals surface area (Å²) in [4.78, 5) is 12.2. The number of nitrogens with one attached hydrogen (secondary N) is 1. The third-order valence-electron chi connectivity index (χ3n) is 4.17. The summed E-state index contributed by atoms with van der Waals surface area (Å²) in [6, 6.07) is 5.33. The van der Waals surface area contributed by atoms with Crippen LogP contribution in [0.4, 0.5) is 0 Å². The number of ether oxygens (including phenoxy) is 1. The third-order valence-corrected chi connectivity index (χ3v) is 6.47. The van der Waals surface area contributed by atoms with Crippen LogP contribution >= 0.6 is 7.52 Å². The maximum absolute atomic E-state index is 13.6. The molecule has 1 rings (SSSR count). The number of benzene rings is 1. The van der Waals surface area contributed by atoms with Crippen molar-refractivity contribution in [3.8, 4) is 5.75 Å². The lowest BCUT2D eigenvalue weighted by molar-refractivity contribution is -0.149. The Balaban J connectivity index is 3.22. The minimum atomic E-state index is -3.28. The first kappa shape index (κ1) is 23.7. The Labute approximate surface area is 164 Å². The predicted molar refractivity (Wildman–Crippen MR) is 112 cm³/mol. The number of para-hydroxylation sites is 1. The van der Waals surface area contributed by atoms with Crippen LogP contribution in [0.25, 0.3) is 0 Å². The zero-order chi connectivity index (χ0) is 20.8. The van der Waals surface area contributed by atoms with E-state index >= 15 is 0 Å². The topological polar surface area (TPSA) is 64.6 Å². The SMILES string of the molecule is CCCP(=O)(N[C@@H](C)C(=O)OC(C)C)Oc1c(C(C)C)cccc1C(C)C. The number of carbonyl (C=O) groups is 1. The summed E-state index contributed by atoms with van der Waals surface area (Å²) in [6.45, 7) is 15.6. The van der Waals surface area contributed by atoms with Crippen LogP contribution in [-0.4, -0.2) is 24.3 Å². The first-order chi connectivity index (χ1) is 12.5. The largest absolute Gasteiger partial charge is 0.462 e. The van der Waals surface area contributed by atoms with Gasteiger partial charge < -0.3 is 9.26 Å². The smallest absolute Gasteiger partial charge is 0.323 e. The van der Waals surface area contributed by atoms with Crippen LogP contribution in [0.5, 0.6) is 5.75 Å². The molecule has 0 heterocycles. The van der Waals surface area contributed by atoms with Crippen molar-refractivity contribution in [2.24, 2.45) is 0 Å². The second-order valence-corrected chi connectivity index (χ2v) is 10.1. The Morgan fingerprint density at radius 1 is 1.04 bits per heavy atom. The second-order valence-electron chi connectivity index (χ2n) is 7.90. The molecule has 0 fully saturated rings. The fourth-order valence-corrected chi connectivity index (χ4v) is 4.91. The Hall–Kier alpha value is -1.32. The molecule has 1 N–H and O–H groups in total. The lowest BCUT2D eigenvalue weighted by atomic mass is 9.94. The van der Waals surface area contributed by atoms with Gasteiger partial charge in [-0.05, 0) is 50.2 Å². The second kappa shape index (κ2) is 10.3. The van der Waals surface area contributed by atoms with Crippen molar-refractivity contribution < 1.29 is 18.6 Å². The van der Waals surface area contributed by atoms with Crippen LogP contribution in [0.15, 0.2) is 18.2 Å². The van der Waals surface area contributed by atoms with E-state index in [1.165, 1.54) is 0 Å². The average Bonchev–Trinajstić information content (AvgIpc) is 2.53. The molecule has 154 valence electrons. The summed E-state index contributed by atoms with van der Waals surface area (Å²) in [5.41, 5.74) is 2.05. The van der Waals surface area contributed by atoms with Gasteiger partial charge in [0.15, 0.2) is 0 Å². The van der Waals surface area contributed by atoms with Gasteiger partial charge >= 0.3 is 13.5 Å². The molecule has 0 saturated heterocycles. The molecule has 0 aliphatic carbocycles. The van der Waals surface area contributed by atoms with Gasteiger partial charge in [-0.25, -0.2) is 5.09 Å². The van der Waals surface area contributed by atoms with Gasteiger partial charge in [0.05, 0.1) is 6.10 Å². The molecular formula is C21H36NO4P. The van der Waals surface area contributed by atoms with Gasteiger partial charge in [-0.2, -0.15) is 0 Å². The van der Waals surface area contributed by atoms with Gasteiger partial charge in [-0.15, -0.1) is 0 Å². The summed E-state index contributed by atoms with van der Waals surface area (Å²) in [5, 5.41) is 2.94. The molecule has 5 nitrogen and oxygen atoms in total. The monoisotopic (exact) mass is 397 g/mol. The highest BCUT2D eigenvalue weighted by Gasteiger charge is 2.31. The molecule has 0 aliphatic heterocycles. The Morgan fingerprint density at radius 3 is 1.96 bits per heavy atom. The van der Waals surface area contributed by atoms with Gasteiger partial charge in [0.1, 0.15) is 11.8 Å². The van der Waals surface area contributed by atoms with Crippen molar-refractivity contribution in [2.45, 2.75) is 85.8 Å². The van der Waals surface area contributed by atoms with Gasteiger partial charge in [0, 0.05) is 6.16 Å². The van der Waals surface area contributed by atoms with Crippen molar-refractivity contribution in [2.75, 3.05) is 6.16 Å². The molecule has 1 aromatic rings. The highest BCUT2D eigenvalue weighted by Crippen LogP contribution is 2.48. The van der Waals surface area contributed by atoms with E-state index in [0.717, 1.165) is 11.1 Å². The van der Waals surface area contributed by atoms with Crippen LogP contribution in [0.2, 0.25) is 0 Å². The molecular weight excluding hydrogens is 361 g/mol. The van der Waals surface area contributed by atoms with Crippen LogP contribution in [0.1, 0.15) is 84.8 Å². The fraction of sp³-hybridized carbons (Fsp3) is 0.667. The Morgan fingerprint density at radius 2 is 1.56 bits per heavy atom. The lowest BCUT2D eigenvalue weighted by Crippen LogP contribution is -2.36. The quantitative estimate of drug-likeness (QED) is 0.397. The van der Waals surface area contributed by atoms with Crippen molar-refractivity contribution in [3.63, 3.8) is 0 Å². The Bertz CT molecular complexity index is 644. The zero-order valence-corrected chi connectivity index (χ0v) is 18.9. The Kier molecular flexibility index (Phi) is 9.04. The van der Waals surface area contributed by atoms with E-state index in [-0.39, 0.29) is 17.9 Å². The van der Waals surface area contributed by atoms with E-state index < -0.39 is 19.5 Å². The maximum atomic E-state index is 13.6. The summed E-state index contributed by atoms with van der Waals surface area (Å²) >= 11 is 0. The lowest BCUT2D eigenvalue weighted by Gasteiger charge is -2.27. The molecule has 0 amide bonds. The van der Waals surface area contributed by atoms with Crippen LogP contribution in [0, 0.1) is 0 Å². The van der Waals surface area contributed by atoms with Gasteiger partial charge in [-0.1, -0.05) is 52.8 Å². The average molecular weight is 397 g/mol. The number of hydrogen-bond acceptors (Lipinski definition) is 4. The van der Waals surface area contributed by atoms with Crippen LogP contribution < -0.4 is 9.61 Å². The van der Waals surface area contributed by atoms with Crippen LogP contribution in [0.3, 0.4) is 0 Å². The number of esters is 1. The fourth-order valence-electron chi connectivity index (χ4n) is 2.85. The summed E-state index contributed by atoms with van der Waals surface area (Å²) in [5.74, 6) is 0.719. The van der Waals surface area contributed by atoms with Crippen molar-refractivity contribution in [3.05, 3.63) is 29.3 Å². The van der Waals surface area contributed by atoms with E-state index in [1.54, 1.807) is 20.8 Å². The zero-order valence-electron chi connectivity index (χ0n) is 18.0. The number of rotatable bonds is 10. The molecule has 27 heavy (non-hydrogen) atoms. The molecule has 2 atom stereocenters. The first-order valence-electron chi connectivity index (χ1n) is 9.90. The van der Waals surface area contributed by atoms with E-state index in [9.17, 15) is 9.36 Å². The van der Waals surface area contributed by atoms with E-state index in [2.05, 4.69) is 32.8 Å². The molecule has 0 radical (unpaired) electrons. The van der Waals surface area contributed by atoms with Gasteiger partial charge in [-0.3, -0.25) is 9.36 Å². The number of hydrogen-bond donors (Lipinski definition) is 1. The normalized spacial score (nSPS) is 15.1. The molecule has 0 aromatic heterocycles. The molecule has 0 spiro atoms.